The second-order valence-electron chi connectivity index (χ2n) is 6.41. The summed E-state index contributed by atoms with van der Waals surface area (Å²) in [7, 11) is 2.30. The first-order valence-corrected chi connectivity index (χ1v) is 7.70. The number of nitrogens with two attached hydrogens (primary N) is 1. The molecule has 2 fully saturated rings. The molecule has 0 radical (unpaired) electrons. The van der Waals surface area contributed by atoms with Crippen LogP contribution in [-0.4, -0.2) is 31.1 Å². The molecule has 2 unspecified atom stereocenters. The topological polar surface area (TPSA) is 29.3 Å². The van der Waals surface area contributed by atoms with Crippen LogP contribution in [0.5, 0.6) is 0 Å². The summed E-state index contributed by atoms with van der Waals surface area (Å²) >= 11 is 0. The molecular weight excluding hydrogens is 208 g/mol. The standard InChI is InChI=1S/C15H30N2/c1-17(12-13-6-3-2-4-7-13)11-10-14-8-5-9-15(14)16/h13-15H,2-12,16H2,1H3. The molecule has 2 aliphatic rings. The summed E-state index contributed by atoms with van der Waals surface area (Å²) in [5.41, 5.74) is 6.13. The van der Waals surface area contributed by atoms with Crippen molar-refractivity contribution in [1.82, 2.24) is 4.90 Å². The van der Waals surface area contributed by atoms with E-state index in [9.17, 15) is 0 Å². The molecule has 100 valence electrons. The molecule has 2 aliphatic carbocycles. The fraction of sp³-hybridized carbons (Fsp3) is 1.00. The van der Waals surface area contributed by atoms with Gasteiger partial charge in [0.2, 0.25) is 0 Å². The van der Waals surface area contributed by atoms with Crippen molar-refractivity contribution in [2.45, 2.75) is 63.8 Å². The molecule has 0 aromatic carbocycles. The maximum absolute atomic E-state index is 6.13. The third-order valence-electron chi connectivity index (χ3n) is 4.89. The van der Waals surface area contributed by atoms with Crippen molar-refractivity contribution in [2.24, 2.45) is 17.6 Å². The van der Waals surface area contributed by atoms with Gasteiger partial charge in [-0.15, -0.1) is 0 Å². The zero-order valence-corrected chi connectivity index (χ0v) is 11.5. The molecule has 2 saturated carbocycles. The average Bonchev–Trinajstić information content (AvgIpc) is 2.74. The Balaban J connectivity index is 1.61. The second-order valence-corrected chi connectivity index (χ2v) is 6.41. The zero-order valence-electron chi connectivity index (χ0n) is 11.5. The predicted octanol–water partition coefficient (Wildman–Crippen LogP) is 3.02. The lowest BCUT2D eigenvalue weighted by molar-refractivity contribution is 0.219. The molecule has 0 saturated heterocycles. The largest absolute Gasteiger partial charge is 0.327 e. The van der Waals surface area contributed by atoms with Crippen molar-refractivity contribution in [3.8, 4) is 0 Å². The Hall–Kier alpha value is -0.0800. The Morgan fingerprint density at radius 1 is 1.00 bits per heavy atom. The molecule has 17 heavy (non-hydrogen) atoms. The van der Waals surface area contributed by atoms with Crippen molar-refractivity contribution in [3.05, 3.63) is 0 Å². The van der Waals surface area contributed by atoms with E-state index in [1.165, 1.54) is 70.9 Å². The first kappa shape index (κ1) is 13.4. The zero-order chi connectivity index (χ0) is 12.1. The summed E-state index contributed by atoms with van der Waals surface area (Å²) in [6, 6.07) is 0.498. The summed E-state index contributed by atoms with van der Waals surface area (Å²) < 4.78 is 0. The smallest absolute Gasteiger partial charge is 0.00676 e. The molecule has 0 bridgehead atoms. The highest BCUT2D eigenvalue weighted by molar-refractivity contribution is 4.81. The minimum atomic E-state index is 0.498. The highest BCUT2D eigenvalue weighted by Crippen LogP contribution is 2.28. The Kier molecular flexibility index (Phi) is 5.30. The highest BCUT2D eigenvalue weighted by atomic mass is 15.1. The van der Waals surface area contributed by atoms with Gasteiger partial charge in [0.25, 0.3) is 0 Å². The minimum absolute atomic E-state index is 0.498. The number of rotatable bonds is 5. The monoisotopic (exact) mass is 238 g/mol. The van der Waals surface area contributed by atoms with Crippen LogP contribution in [0.1, 0.15) is 57.8 Å². The van der Waals surface area contributed by atoms with Gasteiger partial charge >= 0.3 is 0 Å². The fourth-order valence-corrected chi connectivity index (χ4v) is 3.71. The van der Waals surface area contributed by atoms with Gasteiger partial charge in [-0.2, -0.15) is 0 Å². The first-order valence-electron chi connectivity index (χ1n) is 7.70. The van der Waals surface area contributed by atoms with Crippen molar-refractivity contribution in [3.63, 3.8) is 0 Å². The maximum atomic E-state index is 6.13. The first-order chi connectivity index (χ1) is 8.25. The van der Waals surface area contributed by atoms with Crippen LogP contribution in [0.4, 0.5) is 0 Å². The summed E-state index contributed by atoms with van der Waals surface area (Å²) in [4.78, 5) is 2.56. The van der Waals surface area contributed by atoms with Gasteiger partial charge in [-0.1, -0.05) is 25.7 Å². The van der Waals surface area contributed by atoms with Crippen molar-refractivity contribution in [1.29, 1.82) is 0 Å². The molecule has 0 aromatic heterocycles. The summed E-state index contributed by atoms with van der Waals surface area (Å²) in [6.45, 7) is 2.58. The predicted molar refractivity (Wildman–Crippen MR) is 74.0 cm³/mol. The van der Waals surface area contributed by atoms with E-state index in [2.05, 4.69) is 11.9 Å². The van der Waals surface area contributed by atoms with Gasteiger partial charge < -0.3 is 10.6 Å². The lowest BCUT2D eigenvalue weighted by atomic mass is 9.89. The quantitative estimate of drug-likeness (QED) is 0.798. The van der Waals surface area contributed by atoms with Crippen molar-refractivity contribution < 1.29 is 0 Å². The summed E-state index contributed by atoms with van der Waals surface area (Å²) in [5.74, 6) is 1.79. The van der Waals surface area contributed by atoms with Crippen LogP contribution in [0.3, 0.4) is 0 Å². The van der Waals surface area contributed by atoms with Crippen LogP contribution in [-0.2, 0) is 0 Å². The van der Waals surface area contributed by atoms with Gasteiger partial charge in [-0.3, -0.25) is 0 Å². The summed E-state index contributed by atoms with van der Waals surface area (Å²) in [6.07, 6.45) is 12.6. The van der Waals surface area contributed by atoms with Crippen LogP contribution in [0, 0.1) is 11.8 Å². The van der Waals surface area contributed by atoms with Crippen LogP contribution < -0.4 is 5.73 Å². The molecule has 2 heteroatoms. The molecule has 2 N–H and O–H groups in total. The van der Waals surface area contributed by atoms with Gasteiger partial charge in [0.15, 0.2) is 0 Å². The molecule has 2 nitrogen and oxygen atoms in total. The van der Waals surface area contributed by atoms with Gasteiger partial charge in [-0.05, 0) is 57.5 Å². The fourth-order valence-electron chi connectivity index (χ4n) is 3.71. The maximum Gasteiger partial charge on any atom is 0.00676 e. The minimum Gasteiger partial charge on any atom is -0.327 e. The third-order valence-corrected chi connectivity index (χ3v) is 4.89. The lowest BCUT2D eigenvalue weighted by Crippen LogP contribution is -2.31. The van der Waals surface area contributed by atoms with Crippen LogP contribution in [0.2, 0.25) is 0 Å². The SMILES string of the molecule is CN(CCC1CCCC1N)CC1CCCCC1. The van der Waals surface area contributed by atoms with Gasteiger partial charge in [0, 0.05) is 12.6 Å². The lowest BCUT2D eigenvalue weighted by Gasteiger charge is -2.28. The molecule has 0 aliphatic heterocycles. The Morgan fingerprint density at radius 3 is 2.41 bits per heavy atom. The number of hydrogen-bond acceptors (Lipinski definition) is 2. The third kappa shape index (κ3) is 4.26. The highest BCUT2D eigenvalue weighted by Gasteiger charge is 2.24. The van der Waals surface area contributed by atoms with E-state index in [0.29, 0.717) is 6.04 Å². The normalized spacial score (nSPS) is 31.2. The van der Waals surface area contributed by atoms with E-state index < -0.39 is 0 Å². The molecule has 0 aromatic rings. The van der Waals surface area contributed by atoms with E-state index in [1.807, 2.05) is 0 Å². The van der Waals surface area contributed by atoms with Crippen molar-refractivity contribution >= 4 is 0 Å². The molecule has 2 rings (SSSR count). The van der Waals surface area contributed by atoms with E-state index in [-0.39, 0.29) is 0 Å². The molecule has 0 spiro atoms. The summed E-state index contributed by atoms with van der Waals surface area (Å²) in [5, 5.41) is 0. The van der Waals surface area contributed by atoms with E-state index in [0.717, 1.165) is 11.8 Å². The Labute approximate surface area is 107 Å². The van der Waals surface area contributed by atoms with Crippen LogP contribution >= 0.6 is 0 Å². The number of hydrogen-bond donors (Lipinski definition) is 1. The van der Waals surface area contributed by atoms with Gasteiger partial charge in [-0.25, -0.2) is 0 Å². The average molecular weight is 238 g/mol. The van der Waals surface area contributed by atoms with Crippen LogP contribution in [0.25, 0.3) is 0 Å². The Bertz CT molecular complexity index is 211. The van der Waals surface area contributed by atoms with E-state index in [1.54, 1.807) is 0 Å². The molecule has 0 heterocycles. The molecule has 0 amide bonds. The molecule has 2 atom stereocenters. The van der Waals surface area contributed by atoms with E-state index in [4.69, 9.17) is 5.73 Å². The Morgan fingerprint density at radius 2 is 1.76 bits per heavy atom. The van der Waals surface area contributed by atoms with E-state index >= 15 is 0 Å². The van der Waals surface area contributed by atoms with Gasteiger partial charge in [0.05, 0.1) is 0 Å². The van der Waals surface area contributed by atoms with Crippen LogP contribution in [0.15, 0.2) is 0 Å². The van der Waals surface area contributed by atoms with Crippen molar-refractivity contribution in [2.75, 3.05) is 20.1 Å². The van der Waals surface area contributed by atoms with Gasteiger partial charge in [0.1, 0.15) is 0 Å². The second kappa shape index (κ2) is 6.75. The number of nitrogens with zero attached hydrogens (tertiary/aromatic N) is 1. The molecular formula is C15H30N2.